The van der Waals surface area contributed by atoms with Crippen LogP contribution in [0.5, 0.6) is 0 Å². The van der Waals surface area contributed by atoms with Gasteiger partial charge in [0.15, 0.2) is 5.65 Å². The number of hydrogen-bond acceptors (Lipinski definition) is 3. The number of carbonyl (C=O) groups is 1. The topological polar surface area (TPSA) is 98.8 Å². The van der Waals surface area contributed by atoms with Crippen LogP contribution in [0, 0.1) is 0 Å². The third-order valence-corrected chi connectivity index (χ3v) is 2.38. The Morgan fingerprint density at radius 1 is 1.44 bits per heavy atom. The van der Waals surface area contributed by atoms with Crippen molar-refractivity contribution in [2.45, 2.75) is 19.8 Å². The average Bonchev–Trinajstić information content (AvgIpc) is 2.59. The highest BCUT2D eigenvalue weighted by molar-refractivity contribution is 6.01. The fourth-order valence-electron chi connectivity index (χ4n) is 1.53. The summed E-state index contributed by atoms with van der Waals surface area (Å²) in [4.78, 5) is 26.6. The molecule has 0 bridgehead atoms. The predicted molar refractivity (Wildman–Crippen MR) is 57.8 cm³/mol. The van der Waals surface area contributed by atoms with Crippen LogP contribution in [0.3, 0.4) is 0 Å². The Hall–Kier alpha value is -2.11. The Kier molecular flexibility index (Phi) is 2.26. The van der Waals surface area contributed by atoms with Crippen molar-refractivity contribution >= 4 is 17.0 Å². The summed E-state index contributed by atoms with van der Waals surface area (Å²) in [6, 6.07) is 1.44. The minimum atomic E-state index is -1.13. The molecule has 6 nitrogen and oxygen atoms in total. The number of carboxylic acids is 1. The highest BCUT2D eigenvalue weighted by atomic mass is 16.4. The highest BCUT2D eigenvalue weighted by Gasteiger charge is 2.17. The minimum absolute atomic E-state index is 0.0174. The van der Waals surface area contributed by atoms with Gasteiger partial charge in [0, 0.05) is 5.69 Å². The summed E-state index contributed by atoms with van der Waals surface area (Å²) in [5.74, 6) is -1.03. The second-order valence-corrected chi connectivity index (χ2v) is 3.86. The van der Waals surface area contributed by atoms with E-state index in [4.69, 9.17) is 5.11 Å². The summed E-state index contributed by atoms with van der Waals surface area (Å²) in [6.45, 7) is 3.81. The number of rotatable bonds is 2. The Balaban J connectivity index is 2.86. The van der Waals surface area contributed by atoms with Crippen molar-refractivity contribution in [1.82, 2.24) is 15.2 Å². The number of fused-ring (bicyclic) bond motifs is 1. The molecule has 0 radical (unpaired) electrons. The number of nitrogens with one attached hydrogen (secondary N) is 2. The van der Waals surface area contributed by atoms with Crippen LogP contribution in [0.15, 0.2) is 10.9 Å². The molecule has 0 fully saturated rings. The Morgan fingerprint density at radius 3 is 2.69 bits per heavy atom. The van der Waals surface area contributed by atoms with Crippen LogP contribution < -0.4 is 5.56 Å². The maximum Gasteiger partial charge on any atom is 0.336 e. The molecule has 0 atom stereocenters. The number of aromatic carboxylic acids is 1. The van der Waals surface area contributed by atoms with E-state index in [-0.39, 0.29) is 22.5 Å². The van der Waals surface area contributed by atoms with Gasteiger partial charge in [-0.25, -0.2) is 9.78 Å². The number of hydrogen-bond donors (Lipinski definition) is 3. The zero-order valence-electron chi connectivity index (χ0n) is 8.87. The van der Waals surface area contributed by atoms with Gasteiger partial charge in [-0.2, -0.15) is 0 Å². The first kappa shape index (κ1) is 10.4. The Morgan fingerprint density at radius 2 is 2.12 bits per heavy atom. The zero-order chi connectivity index (χ0) is 11.9. The van der Waals surface area contributed by atoms with Crippen LogP contribution in [0.25, 0.3) is 11.0 Å². The lowest BCUT2D eigenvalue weighted by Crippen LogP contribution is -2.08. The van der Waals surface area contributed by atoms with E-state index in [0.29, 0.717) is 5.69 Å². The van der Waals surface area contributed by atoms with Crippen molar-refractivity contribution in [2.75, 3.05) is 0 Å². The molecule has 84 valence electrons. The van der Waals surface area contributed by atoms with Gasteiger partial charge in [0.05, 0.1) is 10.9 Å². The molecule has 2 rings (SSSR count). The van der Waals surface area contributed by atoms with E-state index in [9.17, 15) is 9.59 Å². The quantitative estimate of drug-likeness (QED) is 0.706. The van der Waals surface area contributed by atoms with Gasteiger partial charge in [-0.05, 0) is 12.0 Å². The van der Waals surface area contributed by atoms with E-state index in [1.54, 1.807) is 0 Å². The average molecular weight is 221 g/mol. The second-order valence-electron chi connectivity index (χ2n) is 3.86. The van der Waals surface area contributed by atoms with Crippen LogP contribution in [-0.4, -0.2) is 26.3 Å². The summed E-state index contributed by atoms with van der Waals surface area (Å²) in [5.41, 5.74) is 0.445. The van der Waals surface area contributed by atoms with Crippen molar-refractivity contribution in [3.05, 3.63) is 27.7 Å². The maximum absolute atomic E-state index is 11.4. The molecule has 0 saturated carbocycles. The normalized spacial score (nSPS) is 11.2. The van der Waals surface area contributed by atoms with Gasteiger partial charge < -0.3 is 5.11 Å². The van der Waals surface area contributed by atoms with Gasteiger partial charge in [-0.3, -0.25) is 15.0 Å². The smallest absolute Gasteiger partial charge is 0.336 e. The van der Waals surface area contributed by atoms with E-state index < -0.39 is 11.5 Å². The second kappa shape index (κ2) is 3.48. The van der Waals surface area contributed by atoms with Crippen molar-refractivity contribution in [3.63, 3.8) is 0 Å². The lowest BCUT2D eigenvalue weighted by molar-refractivity contribution is 0.0698. The summed E-state index contributed by atoms with van der Waals surface area (Å²) in [6.07, 6.45) is 0. The monoisotopic (exact) mass is 221 g/mol. The molecule has 0 aliphatic carbocycles. The van der Waals surface area contributed by atoms with E-state index in [1.807, 2.05) is 13.8 Å². The molecule has 0 saturated heterocycles. The highest BCUT2D eigenvalue weighted by Crippen LogP contribution is 2.18. The zero-order valence-corrected chi connectivity index (χ0v) is 8.87. The van der Waals surface area contributed by atoms with Crippen molar-refractivity contribution in [3.8, 4) is 0 Å². The van der Waals surface area contributed by atoms with Gasteiger partial charge in [0.2, 0.25) is 0 Å². The molecular formula is C10H11N3O3. The molecule has 2 aromatic heterocycles. The number of pyridine rings is 1. The van der Waals surface area contributed by atoms with E-state index in [0.717, 1.165) is 0 Å². The number of aromatic nitrogens is 3. The standard InChI is InChI=1S/C10H11N3O3/c1-4(2)6-3-5(10(15)16)7-8(11-6)12-13-9(7)14/h3-4H,1-2H3,(H,15,16)(H2,11,12,13,14). The molecule has 0 aliphatic heterocycles. The Labute approximate surface area is 90.3 Å². The lowest BCUT2D eigenvalue weighted by Gasteiger charge is -2.05. The van der Waals surface area contributed by atoms with Crippen LogP contribution in [0.1, 0.15) is 35.8 Å². The summed E-state index contributed by atoms with van der Waals surface area (Å²) in [7, 11) is 0. The summed E-state index contributed by atoms with van der Waals surface area (Å²) < 4.78 is 0. The molecule has 2 heterocycles. The molecule has 0 aromatic carbocycles. The van der Waals surface area contributed by atoms with Gasteiger partial charge in [-0.15, -0.1) is 0 Å². The third kappa shape index (κ3) is 1.48. The molecule has 0 spiro atoms. The van der Waals surface area contributed by atoms with E-state index in [1.165, 1.54) is 6.07 Å². The maximum atomic E-state index is 11.4. The SMILES string of the molecule is CC(C)c1cc(C(=O)O)c2c(=O)[nH][nH]c2n1. The molecule has 0 amide bonds. The van der Waals surface area contributed by atoms with Crippen molar-refractivity contribution in [2.24, 2.45) is 0 Å². The van der Waals surface area contributed by atoms with Crippen LogP contribution in [-0.2, 0) is 0 Å². The number of nitrogens with zero attached hydrogens (tertiary/aromatic N) is 1. The van der Waals surface area contributed by atoms with Crippen LogP contribution in [0.4, 0.5) is 0 Å². The van der Waals surface area contributed by atoms with Crippen molar-refractivity contribution < 1.29 is 9.90 Å². The molecule has 0 unspecified atom stereocenters. The van der Waals surface area contributed by atoms with Gasteiger partial charge >= 0.3 is 5.97 Å². The molecule has 2 aromatic rings. The fraction of sp³-hybridized carbons (Fsp3) is 0.300. The molecule has 16 heavy (non-hydrogen) atoms. The van der Waals surface area contributed by atoms with Crippen LogP contribution in [0.2, 0.25) is 0 Å². The van der Waals surface area contributed by atoms with Gasteiger partial charge in [0.25, 0.3) is 5.56 Å². The first-order valence-electron chi connectivity index (χ1n) is 4.85. The predicted octanol–water partition coefficient (Wildman–Crippen LogP) is 1.07. The van der Waals surface area contributed by atoms with Crippen LogP contribution >= 0.6 is 0 Å². The van der Waals surface area contributed by atoms with E-state index in [2.05, 4.69) is 15.2 Å². The third-order valence-electron chi connectivity index (χ3n) is 2.38. The molecular weight excluding hydrogens is 210 g/mol. The summed E-state index contributed by atoms with van der Waals surface area (Å²) >= 11 is 0. The number of H-pyrrole nitrogens is 2. The number of aromatic amines is 2. The largest absolute Gasteiger partial charge is 0.478 e. The minimum Gasteiger partial charge on any atom is -0.478 e. The lowest BCUT2D eigenvalue weighted by atomic mass is 10.1. The summed E-state index contributed by atoms with van der Waals surface area (Å²) in [5, 5.41) is 14.0. The van der Waals surface area contributed by atoms with Crippen molar-refractivity contribution in [1.29, 1.82) is 0 Å². The first-order chi connectivity index (χ1) is 7.50. The fourth-order valence-corrected chi connectivity index (χ4v) is 1.53. The molecule has 3 N–H and O–H groups in total. The first-order valence-corrected chi connectivity index (χ1v) is 4.85. The van der Waals surface area contributed by atoms with Gasteiger partial charge in [-0.1, -0.05) is 13.8 Å². The van der Waals surface area contributed by atoms with E-state index >= 15 is 0 Å². The van der Waals surface area contributed by atoms with Gasteiger partial charge in [0.1, 0.15) is 0 Å². The molecule has 0 aliphatic rings. The Bertz CT molecular complexity index is 609. The molecule has 6 heteroatoms. The number of carboxylic acid groups (broad SMARTS) is 1.